The summed E-state index contributed by atoms with van der Waals surface area (Å²) in [5.41, 5.74) is 0. The third-order valence-corrected chi connectivity index (χ3v) is 9.20. The van der Waals surface area contributed by atoms with Gasteiger partial charge in [0, 0.05) is 12.8 Å². The fourth-order valence-electron chi connectivity index (χ4n) is 6.10. The molecule has 0 aromatic rings. The molecule has 1 atom stereocenters. The molecule has 0 aliphatic rings. The van der Waals surface area contributed by atoms with Crippen molar-refractivity contribution < 1.29 is 24.2 Å². The Morgan fingerprint density at radius 3 is 0.848 bits per heavy atom. The van der Waals surface area contributed by atoms with Crippen molar-refractivity contribution in [2.24, 2.45) is 11.8 Å². The number of esters is 2. The molecule has 5 heteroatoms. The van der Waals surface area contributed by atoms with Crippen LogP contribution in [0.5, 0.6) is 0 Å². The van der Waals surface area contributed by atoms with Gasteiger partial charge in [-0.05, 0) is 24.7 Å². The number of hydrogen-bond acceptors (Lipinski definition) is 5. The maximum Gasteiger partial charge on any atom is 0.305 e. The zero-order valence-corrected chi connectivity index (χ0v) is 31.4. The molecule has 0 saturated carbocycles. The molecule has 0 bridgehead atoms. The van der Waals surface area contributed by atoms with E-state index in [0.29, 0.717) is 12.8 Å². The van der Waals surface area contributed by atoms with Gasteiger partial charge >= 0.3 is 11.9 Å². The van der Waals surface area contributed by atoms with Crippen LogP contribution in [0, 0.1) is 11.8 Å². The molecule has 274 valence electrons. The molecular formula is C41H80O5. The van der Waals surface area contributed by atoms with Crippen LogP contribution in [0.25, 0.3) is 0 Å². The fraction of sp³-hybridized carbons (Fsp3) is 0.951. The molecule has 0 aliphatic carbocycles. The van der Waals surface area contributed by atoms with Gasteiger partial charge in [-0.15, -0.1) is 0 Å². The van der Waals surface area contributed by atoms with Gasteiger partial charge in [0.15, 0.2) is 0 Å². The first-order valence-corrected chi connectivity index (χ1v) is 20.3. The lowest BCUT2D eigenvalue weighted by Crippen LogP contribution is -2.25. The monoisotopic (exact) mass is 653 g/mol. The minimum Gasteiger partial charge on any atom is -0.463 e. The van der Waals surface area contributed by atoms with Gasteiger partial charge in [0.1, 0.15) is 19.3 Å². The molecule has 0 rings (SSSR count). The Balaban J connectivity index is 3.35. The number of carbonyl (C=O) groups excluding carboxylic acids is 2. The van der Waals surface area contributed by atoms with E-state index >= 15 is 0 Å². The highest BCUT2D eigenvalue weighted by Crippen LogP contribution is 2.16. The van der Waals surface area contributed by atoms with E-state index in [2.05, 4.69) is 27.7 Å². The normalized spacial score (nSPS) is 12.2. The SMILES string of the molecule is CC(C)CCCCCCCCCCCCCCCCCCCCC(=O)OC[C@H](O)COC(=O)CCCCCCCCCCC(C)C. The number of aliphatic hydroxyl groups is 1. The van der Waals surface area contributed by atoms with Gasteiger partial charge < -0.3 is 14.6 Å². The van der Waals surface area contributed by atoms with Crippen molar-refractivity contribution in [1.29, 1.82) is 0 Å². The van der Waals surface area contributed by atoms with E-state index in [1.807, 2.05) is 0 Å². The van der Waals surface area contributed by atoms with E-state index in [-0.39, 0.29) is 25.2 Å². The third kappa shape index (κ3) is 37.4. The van der Waals surface area contributed by atoms with E-state index < -0.39 is 6.10 Å². The van der Waals surface area contributed by atoms with Crippen molar-refractivity contribution in [2.75, 3.05) is 13.2 Å². The number of hydrogen-bond donors (Lipinski definition) is 1. The Hall–Kier alpha value is -1.10. The maximum absolute atomic E-state index is 12.0. The molecule has 0 aromatic carbocycles. The van der Waals surface area contributed by atoms with Crippen LogP contribution in [0.1, 0.15) is 220 Å². The highest BCUT2D eigenvalue weighted by molar-refractivity contribution is 5.69. The third-order valence-electron chi connectivity index (χ3n) is 9.20. The Morgan fingerprint density at radius 1 is 0.391 bits per heavy atom. The van der Waals surface area contributed by atoms with Crippen LogP contribution in [0.3, 0.4) is 0 Å². The maximum atomic E-state index is 12.0. The zero-order valence-electron chi connectivity index (χ0n) is 31.4. The van der Waals surface area contributed by atoms with Crippen molar-refractivity contribution in [3.63, 3.8) is 0 Å². The second kappa shape index (κ2) is 35.2. The highest BCUT2D eigenvalue weighted by atomic mass is 16.6. The molecule has 0 radical (unpaired) electrons. The molecule has 1 N–H and O–H groups in total. The lowest BCUT2D eigenvalue weighted by atomic mass is 10.0. The minimum absolute atomic E-state index is 0.109. The Bertz CT molecular complexity index is 647. The fourth-order valence-corrected chi connectivity index (χ4v) is 6.10. The predicted molar refractivity (Wildman–Crippen MR) is 196 cm³/mol. The summed E-state index contributed by atoms with van der Waals surface area (Å²) in [6.07, 6.45) is 36.0. The van der Waals surface area contributed by atoms with Crippen molar-refractivity contribution in [2.45, 2.75) is 226 Å². The molecule has 0 aromatic heterocycles. The van der Waals surface area contributed by atoms with E-state index in [0.717, 1.165) is 43.9 Å². The molecule has 0 spiro atoms. The van der Waals surface area contributed by atoms with Crippen LogP contribution in [0.15, 0.2) is 0 Å². The Morgan fingerprint density at radius 2 is 0.609 bits per heavy atom. The van der Waals surface area contributed by atoms with E-state index in [1.165, 1.54) is 148 Å². The molecule has 5 nitrogen and oxygen atoms in total. The van der Waals surface area contributed by atoms with Crippen LogP contribution in [-0.4, -0.2) is 36.4 Å². The average molecular weight is 653 g/mol. The molecule has 0 aliphatic heterocycles. The number of ether oxygens (including phenoxy) is 2. The topological polar surface area (TPSA) is 72.8 Å². The van der Waals surface area contributed by atoms with Crippen molar-refractivity contribution >= 4 is 11.9 Å². The summed E-state index contributed by atoms with van der Waals surface area (Å²) < 4.78 is 10.3. The van der Waals surface area contributed by atoms with Gasteiger partial charge in [0.25, 0.3) is 0 Å². The van der Waals surface area contributed by atoms with E-state index in [4.69, 9.17) is 9.47 Å². The van der Waals surface area contributed by atoms with E-state index in [9.17, 15) is 14.7 Å². The second-order valence-corrected chi connectivity index (χ2v) is 15.1. The van der Waals surface area contributed by atoms with Crippen LogP contribution >= 0.6 is 0 Å². The summed E-state index contributed by atoms with van der Waals surface area (Å²) in [5, 5.41) is 10.00. The van der Waals surface area contributed by atoms with Crippen LogP contribution in [0.2, 0.25) is 0 Å². The number of aliphatic hydroxyl groups excluding tert-OH is 1. The highest BCUT2D eigenvalue weighted by Gasteiger charge is 2.12. The van der Waals surface area contributed by atoms with Crippen LogP contribution in [0.4, 0.5) is 0 Å². The van der Waals surface area contributed by atoms with E-state index in [1.54, 1.807) is 0 Å². The van der Waals surface area contributed by atoms with Crippen LogP contribution in [-0.2, 0) is 19.1 Å². The first-order valence-electron chi connectivity index (χ1n) is 20.3. The molecule has 46 heavy (non-hydrogen) atoms. The first-order chi connectivity index (χ1) is 22.3. The molecule has 0 fully saturated rings. The lowest BCUT2D eigenvalue weighted by molar-refractivity contribution is -0.152. The van der Waals surface area contributed by atoms with Crippen molar-refractivity contribution in [3.05, 3.63) is 0 Å². The summed E-state index contributed by atoms with van der Waals surface area (Å²) in [6.45, 7) is 9.00. The average Bonchev–Trinajstić information content (AvgIpc) is 3.02. The molecular weight excluding hydrogens is 572 g/mol. The largest absolute Gasteiger partial charge is 0.463 e. The smallest absolute Gasteiger partial charge is 0.305 e. The van der Waals surface area contributed by atoms with Crippen molar-refractivity contribution in [1.82, 2.24) is 0 Å². The first kappa shape index (κ1) is 44.9. The van der Waals surface area contributed by atoms with Gasteiger partial charge in [-0.1, -0.05) is 195 Å². The van der Waals surface area contributed by atoms with Gasteiger partial charge in [-0.2, -0.15) is 0 Å². The molecule has 0 unspecified atom stereocenters. The molecule has 0 saturated heterocycles. The number of rotatable bonds is 36. The van der Waals surface area contributed by atoms with Gasteiger partial charge in [0.2, 0.25) is 0 Å². The Kier molecular flexibility index (Phi) is 34.4. The molecule has 0 heterocycles. The predicted octanol–water partition coefficient (Wildman–Crippen LogP) is 12.4. The Labute approximate surface area is 287 Å². The molecule has 0 amide bonds. The summed E-state index contributed by atoms with van der Waals surface area (Å²) in [7, 11) is 0. The second-order valence-electron chi connectivity index (χ2n) is 15.1. The van der Waals surface area contributed by atoms with Gasteiger partial charge in [-0.3, -0.25) is 9.59 Å². The number of unbranched alkanes of at least 4 members (excludes halogenated alkanes) is 24. The summed E-state index contributed by atoms with van der Waals surface area (Å²) in [4.78, 5) is 23.9. The lowest BCUT2D eigenvalue weighted by Gasteiger charge is -2.12. The number of carbonyl (C=O) groups is 2. The standard InChI is InChI=1S/C41H80O5/c1-37(2)31-27-23-19-15-13-11-9-7-5-6-8-10-12-14-16-21-25-29-33-40(43)45-35-39(42)36-46-41(44)34-30-26-22-18-17-20-24-28-32-38(3)4/h37-39,42H,5-36H2,1-4H3/t39-/m0/s1. The summed E-state index contributed by atoms with van der Waals surface area (Å²) >= 11 is 0. The summed E-state index contributed by atoms with van der Waals surface area (Å²) in [5.74, 6) is 1.12. The summed E-state index contributed by atoms with van der Waals surface area (Å²) in [6, 6.07) is 0. The van der Waals surface area contributed by atoms with Crippen LogP contribution < -0.4 is 0 Å². The van der Waals surface area contributed by atoms with Gasteiger partial charge in [-0.25, -0.2) is 0 Å². The quantitative estimate of drug-likeness (QED) is 0.0538. The van der Waals surface area contributed by atoms with Crippen molar-refractivity contribution in [3.8, 4) is 0 Å². The minimum atomic E-state index is -0.956. The zero-order chi connectivity index (χ0) is 33.9. The van der Waals surface area contributed by atoms with Gasteiger partial charge in [0.05, 0.1) is 0 Å².